The fourth-order valence-corrected chi connectivity index (χ4v) is 2.81. The van der Waals surface area contributed by atoms with Crippen LogP contribution in [0.5, 0.6) is 0 Å². The van der Waals surface area contributed by atoms with Crippen molar-refractivity contribution in [3.63, 3.8) is 0 Å². The fourth-order valence-electron chi connectivity index (χ4n) is 2.81. The summed E-state index contributed by atoms with van der Waals surface area (Å²) >= 11 is 0. The van der Waals surface area contributed by atoms with E-state index in [4.69, 9.17) is 5.53 Å². The van der Waals surface area contributed by atoms with E-state index in [9.17, 15) is 9.90 Å². The zero-order valence-electron chi connectivity index (χ0n) is 12.2. The largest absolute Gasteiger partial charge is 0.478 e. The lowest BCUT2D eigenvalue weighted by Crippen LogP contribution is -2.00. The predicted molar refractivity (Wildman–Crippen MR) is 90.3 cm³/mol. The van der Waals surface area contributed by atoms with Crippen LogP contribution in [0.4, 0.5) is 5.69 Å². The van der Waals surface area contributed by atoms with E-state index in [0.29, 0.717) is 27.8 Å². The molecule has 24 heavy (non-hydrogen) atoms. The average Bonchev–Trinajstić information content (AvgIpc) is 2.59. The van der Waals surface area contributed by atoms with Crippen LogP contribution >= 0.6 is 0 Å². The molecule has 0 atom stereocenters. The third-order valence-electron chi connectivity index (χ3n) is 3.85. The predicted octanol–water partition coefficient (Wildman–Crippen LogP) is 4.58. The van der Waals surface area contributed by atoms with Crippen molar-refractivity contribution in [2.45, 2.75) is 0 Å². The Morgan fingerprint density at radius 2 is 1.75 bits per heavy atom. The summed E-state index contributed by atoms with van der Waals surface area (Å²) in [5, 5.41) is 14.5. The molecule has 4 aromatic rings. The summed E-state index contributed by atoms with van der Waals surface area (Å²) in [5.74, 6) is -1.05. The van der Waals surface area contributed by atoms with Crippen LogP contribution in [0.2, 0.25) is 0 Å². The van der Waals surface area contributed by atoms with Crippen molar-refractivity contribution in [1.82, 2.24) is 9.97 Å². The van der Waals surface area contributed by atoms with Crippen molar-refractivity contribution in [1.29, 1.82) is 0 Å². The van der Waals surface area contributed by atoms with Crippen LogP contribution in [0, 0.1) is 0 Å². The molecule has 0 bridgehead atoms. The van der Waals surface area contributed by atoms with Crippen LogP contribution in [0.3, 0.4) is 0 Å². The lowest BCUT2D eigenvalue weighted by Gasteiger charge is -2.07. The molecule has 0 radical (unpaired) electrons. The van der Waals surface area contributed by atoms with Gasteiger partial charge >= 0.3 is 5.97 Å². The first kappa shape index (κ1) is 13.9. The van der Waals surface area contributed by atoms with Gasteiger partial charge in [-0.2, -0.15) is 0 Å². The molecular weight excluding hydrogens is 306 g/mol. The van der Waals surface area contributed by atoms with Gasteiger partial charge < -0.3 is 5.11 Å². The molecule has 0 amide bonds. The molecule has 4 rings (SSSR count). The molecule has 0 aliphatic heterocycles. The van der Waals surface area contributed by atoms with Gasteiger partial charge in [-0.3, -0.25) is 0 Å². The molecule has 1 heterocycles. The summed E-state index contributed by atoms with van der Waals surface area (Å²) < 4.78 is 0. The number of carbonyl (C=O) groups is 1. The number of carboxylic acid groups (broad SMARTS) is 1. The summed E-state index contributed by atoms with van der Waals surface area (Å²) in [6.07, 6.45) is 0. The summed E-state index contributed by atoms with van der Waals surface area (Å²) in [7, 11) is 0. The van der Waals surface area contributed by atoms with Crippen LogP contribution in [0.15, 0.2) is 53.6 Å². The number of aromatic nitrogens is 2. The number of hydrogen-bond acceptors (Lipinski definition) is 4. The van der Waals surface area contributed by atoms with E-state index in [1.807, 2.05) is 12.1 Å². The van der Waals surface area contributed by atoms with Gasteiger partial charge in [0.1, 0.15) is 5.52 Å². The normalized spacial score (nSPS) is 10.8. The van der Waals surface area contributed by atoms with Gasteiger partial charge in [-0.25, -0.2) is 14.8 Å². The first-order valence-corrected chi connectivity index (χ1v) is 7.09. The zero-order valence-corrected chi connectivity index (χ0v) is 12.2. The summed E-state index contributed by atoms with van der Waals surface area (Å²) in [4.78, 5) is 23.3. The maximum Gasteiger partial charge on any atom is 0.337 e. The average molecular weight is 315 g/mol. The lowest BCUT2D eigenvalue weighted by atomic mass is 10.1. The van der Waals surface area contributed by atoms with E-state index in [-0.39, 0.29) is 5.56 Å². The Bertz CT molecular complexity index is 1200. The van der Waals surface area contributed by atoms with Crippen molar-refractivity contribution in [3.05, 3.63) is 64.5 Å². The number of aromatic carboxylic acids is 1. The number of benzene rings is 3. The molecule has 7 nitrogen and oxygen atoms in total. The van der Waals surface area contributed by atoms with Gasteiger partial charge in [-0.15, -0.1) is 0 Å². The van der Waals surface area contributed by atoms with Gasteiger partial charge in [-0.05, 0) is 29.1 Å². The molecule has 0 spiro atoms. The molecule has 7 heteroatoms. The first-order valence-electron chi connectivity index (χ1n) is 7.09. The molecule has 0 saturated carbocycles. The number of fused-ring (bicyclic) bond motifs is 4. The fraction of sp³-hybridized carbons (Fsp3) is 0. The van der Waals surface area contributed by atoms with Crippen molar-refractivity contribution >= 4 is 44.5 Å². The maximum atomic E-state index is 11.4. The van der Waals surface area contributed by atoms with Crippen LogP contribution < -0.4 is 0 Å². The smallest absolute Gasteiger partial charge is 0.337 e. The second-order valence-electron chi connectivity index (χ2n) is 5.20. The number of carboxylic acids is 1. The standard InChI is InChI=1S/C17H9N5O2/c18-22-21-12-5-1-3-10-9(12)7-8-14-15(10)20-16-11(17(23)24)4-2-6-13(16)19-14/h1-8H,(H,23,24). The number of rotatable bonds is 2. The minimum absolute atomic E-state index is 0.102. The molecule has 1 aromatic heterocycles. The second-order valence-corrected chi connectivity index (χ2v) is 5.20. The van der Waals surface area contributed by atoms with Crippen molar-refractivity contribution in [2.75, 3.05) is 0 Å². The lowest BCUT2D eigenvalue weighted by molar-refractivity contribution is 0.0699. The molecule has 1 N–H and O–H groups in total. The molecule has 114 valence electrons. The first-order chi connectivity index (χ1) is 11.7. The van der Waals surface area contributed by atoms with E-state index in [1.54, 1.807) is 30.3 Å². The number of nitrogens with zero attached hydrogens (tertiary/aromatic N) is 5. The van der Waals surface area contributed by atoms with Crippen molar-refractivity contribution < 1.29 is 9.90 Å². The SMILES string of the molecule is [N-]=[N+]=Nc1cccc2c1ccc1nc3cccc(C(=O)O)c3nc12. The Labute approximate surface area is 134 Å². The number of hydrogen-bond donors (Lipinski definition) is 1. The van der Waals surface area contributed by atoms with E-state index >= 15 is 0 Å². The molecular formula is C17H9N5O2. The molecule has 3 aromatic carbocycles. The van der Waals surface area contributed by atoms with E-state index in [1.165, 1.54) is 6.07 Å². The highest BCUT2D eigenvalue weighted by molar-refractivity contribution is 6.11. The van der Waals surface area contributed by atoms with Crippen molar-refractivity contribution in [3.8, 4) is 0 Å². The highest BCUT2D eigenvalue weighted by Crippen LogP contribution is 2.31. The van der Waals surface area contributed by atoms with Gasteiger partial charge in [-0.1, -0.05) is 35.4 Å². The maximum absolute atomic E-state index is 11.4. The van der Waals surface area contributed by atoms with E-state index in [2.05, 4.69) is 20.0 Å². The summed E-state index contributed by atoms with van der Waals surface area (Å²) in [5.41, 5.74) is 11.4. The topological polar surface area (TPSA) is 112 Å². The van der Waals surface area contributed by atoms with Crippen molar-refractivity contribution in [2.24, 2.45) is 5.11 Å². The summed E-state index contributed by atoms with van der Waals surface area (Å²) in [6.45, 7) is 0. The minimum Gasteiger partial charge on any atom is -0.478 e. The zero-order chi connectivity index (χ0) is 16.7. The Kier molecular flexibility index (Phi) is 3.01. The third kappa shape index (κ3) is 2.00. The molecule has 0 fully saturated rings. The molecule has 0 aliphatic rings. The third-order valence-corrected chi connectivity index (χ3v) is 3.85. The van der Waals surface area contributed by atoms with Gasteiger partial charge in [0.15, 0.2) is 0 Å². The quantitative estimate of drug-likeness (QED) is 0.192. The van der Waals surface area contributed by atoms with Crippen LogP contribution in [0.1, 0.15) is 10.4 Å². The van der Waals surface area contributed by atoms with Gasteiger partial charge in [0, 0.05) is 16.0 Å². The Hall–Kier alpha value is -3.70. The Morgan fingerprint density at radius 3 is 2.54 bits per heavy atom. The van der Waals surface area contributed by atoms with Crippen LogP contribution in [-0.2, 0) is 0 Å². The minimum atomic E-state index is -1.05. The van der Waals surface area contributed by atoms with Gasteiger partial charge in [0.25, 0.3) is 0 Å². The van der Waals surface area contributed by atoms with E-state index in [0.717, 1.165) is 10.8 Å². The highest BCUT2D eigenvalue weighted by Gasteiger charge is 2.13. The van der Waals surface area contributed by atoms with Gasteiger partial charge in [0.05, 0.1) is 22.1 Å². The molecule has 0 unspecified atom stereocenters. The second kappa shape index (κ2) is 5.19. The molecule has 0 saturated heterocycles. The Morgan fingerprint density at radius 1 is 0.958 bits per heavy atom. The van der Waals surface area contributed by atoms with Crippen LogP contribution in [0.25, 0.3) is 43.3 Å². The number of para-hydroxylation sites is 1. The monoisotopic (exact) mass is 315 g/mol. The van der Waals surface area contributed by atoms with Gasteiger partial charge in [0.2, 0.25) is 0 Å². The number of azide groups is 1. The van der Waals surface area contributed by atoms with E-state index < -0.39 is 5.97 Å². The van der Waals surface area contributed by atoms with Crippen LogP contribution in [-0.4, -0.2) is 21.0 Å². The summed E-state index contributed by atoms with van der Waals surface area (Å²) in [6, 6.07) is 13.8. The highest BCUT2D eigenvalue weighted by atomic mass is 16.4. The molecule has 0 aliphatic carbocycles. The Balaban J connectivity index is 2.19.